The molecule has 6 heteroatoms. The first-order valence-electron chi connectivity index (χ1n) is 5.94. The van der Waals surface area contributed by atoms with Gasteiger partial charge in [-0.3, -0.25) is 4.79 Å². The molecule has 2 rings (SSSR count). The maximum Gasteiger partial charge on any atom is 0.298 e. The van der Waals surface area contributed by atoms with E-state index in [9.17, 15) is 9.18 Å². The third-order valence-corrected chi connectivity index (χ3v) is 2.52. The number of carbonyl (C=O) groups excluding carboxylic acids is 1. The van der Waals surface area contributed by atoms with Gasteiger partial charge in [0.25, 0.3) is 6.47 Å². The number of nitrogens with zero attached hydrogens (tertiary/aromatic N) is 2. The van der Waals surface area contributed by atoms with E-state index in [0.717, 1.165) is 11.6 Å². The molecule has 0 aliphatic rings. The van der Waals surface area contributed by atoms with Crippen LogP contribution in [0.4, 0.5) is 4.39 Å². The standard InChI is InChI=1S/C15H11FN2O3/c16-15-7-13(20)4-3-12(15)9-18-17-8-11-1-5-14(6-2-11)21-10-19/h1-10,20H/b17-8+,18-9+. The molecule has 2 aromatic rings. The number of ether oxygens (including phenoxy) is 1. The van der Waals surface area contributed by atoms with Gasteiger partial charge in [0, 0.05) is 11.6 Å². The average Bonchev–Trinajstić information content (AvgIpc) is 2.47. The van der Waals surface area contributed by atoms with Crippen molar-refractivity contribution in [3.63, 3.8) is 0 Å². The number of aromatic hydroxyl groups is 1. The SMILES string of the molecule is O=COc1ccc(/C=N/N=C/c2ccc(O)cc2F)cc1. The Bertz CT molecular complexity index is 682. The first-order valence-corrected chi connectivity index (χ1v) is 5.94. The highest BCUT2D eigenvalue weighted by Gasteiger charge is 1.99. The molecule has 0 amide bonds. The van der Waals surface area contributed by atoms with Crippen molar-refractivity contribution >= 4 is 18.9 Å². The second kappa shape index (κ2) is 6.95. The van der Waals surface area contributed by atoms with Gasteiger partial charge >= 0.3 is 0 Å². The molecule has 0 atom stereocenters. The average molecular weight is 286 g/mol. The third-order valence-electron chi connectivity index (χ3n) is 2.52. The summed E-state index contributed by atoms with van der Waals surface area (Å²) in [5, 5.41) is 16.6. The second-order valence-electron chi connectivity index (χ2n) is 3.98. The molecular formula is C15H11FN2O3. The minimum Gasteiger partial charge on any atom is -0.508 e. The minimum atomic E-state index is -0.579. The Balaban J connectivity index is 2.01. The summed E-state index contributed by atoms with van der Waals surface area (Å²) in [4.78, 5) is 10.1. The van der Waals surface area contributed by atoms with E-state index in [4.69, 9.17) is 5.11 Å². The molecule has 0 heterocycles. The van der Waals surface area contributed by atoms with E-state index in [0.29, 0.717) is 12.2 Å². The lowest BCUT2D eigenvalue weighted by Crippen LogP contribution is -1.89. The molecule has 0 aliphatic heterocycles. The van der Waals surface area contributed by atoms with Gasteiger partial charge in [-0.15, -0.1) is 0 Å². The molecular weight excluding hydrogens is 275 g/mol. The summed E-state index contributed by atoms with van der Waals surface area (Å²) in [6.45, 7) is 0.347. The number of benzene rings is 2. The highest BCUT2D eigenvalue weighted by molar-refractivity contribution is 5.83. The van der Waals surface area contributed by atoms with E-state index in [1.165, 1.54) is 24.6 Å². The van der Waals surface area contributed by atoms with Crippen LogP contribution >= 0.6 is 0 Å². The highest BCUT2D eigenvalue weighted by Crippen LogP contribution is 2.13. The van der Waals surface area contributed by atoms with Crippen molar-refractivity contribution < 1.29 is 19.0 Å². The Labute approximate surface area is 120 Å². The van der Waals surface area contributed by atoms with Crippen LogP contribution in [0.15, 0.2) is 52.7 Å². The second-order valence-corrected chi connectivity index (χ2v) is 3.98. The zero-order valence-electron chi connectivity index (χ0n) is 10.8. The quantitative estimate of drug-likeness (QED) is 0.521. The van der Waals surface area contributed by atoms with E-state index in [1.54, 1.807) is 24.3 Å². The Morgan fingerprint density at radius 1 is 1.05 bits per heavy atom. The molecule has 0 saturated heterocycles. The molecule has 0 aliphatic carbocycles. The van der Waals surface area contributed by atoms with Crippen molar-refractivity contribution in [3.05, 3.63) is 59.4 Å². The summed E-state index contributed by atoms with van der Waals surface area (Å²) in [5.41, 5.74) is 0.969. The molecule has 0 aromatic heterocycles. The predicted octanol–water partition coefficient (Wildman–Crippen LogP) is 2.52. The lowest BCUT2D eigenvalue weighted by atomic mass is 10.2. The number of phenols is 1. The van der Waals surface area contributed by atoms with Crippen LogP contribution in [0, 0.1) is 5.82 Å². The van der Waals surface area contributed by atoms with Gasteiger partial charge in [-0.2, -0.15) is 10.2 Å². The third kappa shape index (κ3) is 4.24. The normalized spacial score (nSPS) is 11.1. The minimum absolute atomic E-state index is 0.147. The van der Waals surface area contributed by atoms with Crippen LogP contribution in [-0.4, -0.2) is 24.0 Å². The van der Waals surface area contributed by atoms with E-state index in [2.05, 4.69) is 14.9 Å². The van der Waals surface area contributed by atoms with Crippen LogP contribution in [0.5, 0.6) is 11.5 Å². The Kier molecular flexibility index (Phi) is 4.76. The Hall–Kier alpha value is -3.02. The first kappa shape index (κ1) is 14.4. The van der Waals surface area contributed by atoms with Crippen LogP contribution in [0.2, 0.25) is 0 Å². The van der Waals surface area contributed by atoms with Gasteiger partial charge in [-0.05, 0) is 42.0 Å². The predicted molar refractivity (Wildman–Crippen MR) is 76.4 cm³/mol. The molecule has 0 saturated carbocycles. The summed E-state index contributed by atoms with van der Waals surface area (Å²) in [5.74, 6) is -0.299. The van der Waals surface area contributed by atoms with E-state index >= 15 is 0 Å². The van der Waals surface area contributed by atoms with Crippen molar-refractivity contribution in [3.8, 4) is 11.5 Å². The highest BCUT2D eigenvalue weighted by atomic mass is 19.1. The van der Waals surface area contributed by atoms with Crippen LogP contribution in [0.1, 0.15) is 11.1 Å². The molecule has 0 unspecified atom stereocenters. The number of hydrogen-bond acceptors (Lipinski definition) is 5. The first-order chi connectivity index (χ1) is 10.2. The molecule has 21 heavy (non-hydrogen) atoms. The van der Waals surface area contributed by atoms with Crippen LogP contribution in [-0.2, 0) is 4.79 Å². The summed E-state index contributed by atoms with van der Waals surface area (Å²) in [6, 6.07) is 10.4. The molecule has 1 N–H and O–H groups in total. The molecule has 5 nitrogen and oxygen atoms in total. The van der Waals surface area contributed by atoms with Gasteiger partial charge in [0.2, 0.25) is 0 Å². The monoisotopic (exact) mass is 286 g/mol. The summed E-state index contributed by atoms with van der Waals surface area (Å²) in [6.07, 6.45) is 2.72. The number of rotatable bonds is 5. The van der Waals surface area contributed by atoms with E-state index < -0.39 is 5.82 Å². The van der Waals surface area contributed by atoms with Crippen molar-refractivity contribution in [2.24, 2.45) is 10.2 Å². The van der Waals surface area contributed by atoms with Gasteiger partial charge < -0.3 is 9.84 Å². The van der Waals surface area contributed by atoms with Crippen LogP contribution in [0.3, 0.4) is 0 Å². The Morgan fingerprint density at radius 2 is 1.76 bits per heavy atom. The largest absolute Gasteiger partial charge is 0.508 e. The van der Waals surface area contributed by atoms with Crippen molar-refractivity contribution in [2.75, 3.05) is 0 Å². The maximum absolute atomic E-state index is 13.4. The van der Waals surface area contributed by atoms with Gasteiger partial charge in [-0.25, -0.2) is 4.39 Å². The molecule has 106 valence electrons. The fraction of sp³-hybridized carbons (Fsp3) is 0. The van der Waals surface area contributed by atoms with Crippen molar-refractivity contribution in [1.82, 2.24) is 0 Å². The number of hydrogen-bond donors (Lipinski definition) is 1. The van der Waals surface area contributed by atoms with Gasteiger partial charge in [0.05, 0.1) is 12.4 Å². The van der Waals surface area contributed by atoms with Gasteiger partial charge in [-0.1, -0.05) is 0 Å². The number of halogens is 1. The van der Waals surface area contributed by atoms with Gasteiger partial charge in [0.1, 0.15) is 17.3 Å². The molecule has 0 fully saturated rings. The lowest BCUT2D eigenvalue weighted by molar-refractivity contribution is -0.120. The maximum atomic E-state index is 13.4. The zero-order chi connectivity index (χ0) is 15.1. The fourth-order valence-electron chi connectivity index (χ4n) is 1.50. The lowest BCUT2D eigenvalue weighted by Gasteiger charge is -1.97. The topological polar surface area (TPSA) is 71.2 Å². The smallest absolute Gasteiger partial charge is 0.298 e. The summed E-state index contributed by atoms with van der Waals surface area (Å²) < 4.78 is 18.0. The molecule has 0 spiro atoms. The zero-order valence-corrected chi connectivity index (χ0v) is 10.8. The summed E-state index contributed by atoms with van der Waals surface area (Å²) in [7, 11) is 0. The van der Waals surface area contributed by atoms with Crippen molar-refractivity contribution in [2.45, 2.75) is 0 Å². The number of carbonyl (C=O) groups is 1. The molecule has 0 bridgehead atoms. The van der Waals surface area contributed by atoms with Crippen LogP contribution in [0.25, 0.3) is 0 Å². The van der Waals surface area contributed by atoms with Gasteiger partial charge in [0.15, 0.2) is 0 Å². The molecule has 0 radical (unpaired) electrons. The molecule has 2 aromatic carbocycles. The number of phenolic OH excluding ortho intramolecular Hbond substituents is 1. The summed E-state index contributed by atoms with van der Waals surface area (Å²) >= 11 is 0. The van der Waals surface area contributed by atoms with E-state index in [-0.39, 0.29) is 11.3 Å². The van der Waals surface area contributed by atoms with E-state index in [1.807, 2.05) is 0 Å². The fourth-order valence-corrected chi connectivity index (χ4v) is 1.50. The van der Waals surface area contributed by atoms with Crippen LogP contribution < -0.4 is 4.74 Å². The Morgan fingerprint density at radius 3 is 2.43 bits per heavy atom. The van der Waals surface area contributed by atoms with Crippen molar-refractivity contribution in [1.29, 1.82) is 0 Å².